The Morgan fingerprint density at radius 2 is 1.76 bits per heavy atom. The van der Waals surface area contributed by atoms with Crippen molar-refractivity contribution < 1.29 is 14.6 Å². The Kier molecular flexibility index (Phi) is 8.54. The molecule has 1 aliphatic heterocycles. The van der Waals surface area contributed by atoms with Gasteiger partial charge in [0.05, 0.1) is 5.56 Å². The van der Waals surface area contributed by atoms with Crippen molar-refractivity contribution in [1.82, 2.24) is 10.2 Å². The van der Waals surface area contributed by atoms with E-state index in [4.69, 9.17) is 4.74 Å². The third-order valence-electron chi connectivity index (χ3n) is 7.82. The minimum Gasteiger partial charge on any atom is -0.489 e. The van der Waals surface area contributed by atoms with Crippen LogP contribution in [0.2, 0.25) is 0 Å². The number of benzene rings is 3. The third kappa shape index (κ3) is 7.00. The number of nitrogens with zero attached hydrogens (tertiary/aromatic N) is 1. The molecule has 0 bridgehead atoms. The zero-order chi connectivity index (χ0) is 25.5. The molecule has 1 aliphatic carbocycles. The predicted octanol–water partition coefficient (Wildman–Crippen LogP) is 6.24. The number of carboxylic acid groups (broad SMARTS) is 1. The summed E-state index contributed by atoms with van der Waals surface area (Å²) in [7, 11) is 0. The van der Waals surface area contributed by atoms with Crippen molar-refractivity contribution in [2.24, 2.45) is 5.92 Å². The number of likely N-dealkylation sites (tertiary alicyclic amines) is 1. The smallest absolute Gasteiger partial charge is 0.335 e. The number of carboxylic acids is 1. The van der Waals surface area contributed by atoms with E-state index >= 15 is 0 Å². The van der Waals surface area contributed by atoms with Crippen LogP contribution in [0, 0.1) is 5.92 Å². The van der Waals surface area contributed by atoms with Crippen molar-refractivity contribution in [1.29, 1.82) is 0 Å². The largest absolute Gasteiger partial charge is 0.489 e. The molecule has 0 amide bonds. The molecule has 0 radical (unpaired) electrons. The molecule has 5 rings (SSSR count). The fraction of sp³-hybridized carbons (Fsp3) is 0.406. The molecular weight excluding hydrogens is 460 g/mol. The molecule has 2 fully saturated rings. The van der Waals surface area contributed by atoms with Crippen LogP contribution in [0.5, 0.6) is 5.75 Å². The molecule has 3 aromatic rings. The number of hydrogen-bond acceptors (Lipinski definition) is 4. The van der Waals surface area contributed by atoms with Crippen molar-refractivity contribution in [2.45, 2.75) is 44.6 Å². The average Bonchev–Trinajstić information content (AvgIpc) is 3.38. The molecular formula is C32H38N2O3. The fourth-order valence-electron chi connectivity index (χ4n) is 5.77. The summed E-state index contributed by atoms with van der Waals surface area (Å²) >= 11 is 0. The molecule has 0 aromatic heterocycles. The highest BCUT2D eigenvalue weighted by atomic mass is 16.5. The minimum atomic E-state index is -0.907. The molecule has 37 heavy (non-hydrogen) atoms. The quantitative estimate of drug-likeness (QED) is 0.346. The molecule has 2 N–H and O–H groups in total. The van der Waals surface area contributed by atoms with Crippen LogP contribution in [0.25, 0.3) is 16.8 Å². The molecule has 2 aliphatic rings. The summed E-state index contributed by atoms with van der Waals surface area (Å²) in [5.74, 6) is 0.853. The number of aromatic carboxylic acids is 1. The van der Waals surface area contributed by atoms with Gasteiger partial charge in [-0.15, -0.1) is 0 Å². The predicted molar refractivity (Wildman–Crippen MR) is 150 cm³/mol. The molecule has 1 saturated heterocycles. The Balaban J connectivity index is 1.24. The number of carbonyl (C=O) groups is 1. The Morgan fingerprint density at radius 1 is 0.973 bits per heavy atom. The molecule has 1 heterocycles. The third-order valence-corrected chi connectivity index (χ3v) is 7.82. The average molecular weight is 499 g/mol. The second-order valence-corrected chi connectivity index (χ2v) is 10.6. The number of nitrogens with one attached hydrogen (secondary N) is 1. The van der Waals surface area contributed by atoms with Crippen molar-refractivity contribution in [3.63, 3.8) is 0 Å². The molecule has 1 unspecified atom stereocenters. The van der Waals surface area contributed by atoms with Gasteiger partial charge in [0.15, 0.2) is 0 Å². The molecule has 1 saturated carbocycles. The first-order chi connectivity index (χ1) is 18.1. The van der Waals surface area contributed by atoms with Gasteiger partial charge in [-0.05, 0) is 66.4 Å². The fourth-order valence-corrected chi connectivity index (χ4v) is 5.77. The molecule has 1 atom stereocenters. The summed E-state index contributed by atoms with van der Waals surface area (Å²) in [5, 5.41) is 15.3. The van der Waals surface area contributed by atoms with Gasteiger partial charge in [-0.3, -0.25) is 0 Å². The summed E-state index contributed by atoms with van der Waals surface area (Å²) in [6.07, 6.45) is 10.3. The van der Waals surface area contributed by atoms with Crippen molar-refractivity contribution in [3.05, 3.63) is 83.4 Å². The van der Waals surface area contributed by atoms with Gasteiger partial charge in [0, 0.05) is 31.1 Å². The van der Waals surface area contributed by atoms with Crippen molar-refractivity contribution in [2.75, 3.05) is 32.8 Å². The first-order valence-corrected chi connectivity index (χ1v) is 13.7. The lowest BCUT2D eigenvalue weighted by molar-refractivity contribution is 0.0697. The monoisotopic (exact) mass is 498 g/mol. The van der Waals surface area contributed by atoms with E-state index in [1.165, 1.54) is 51.6 Å². The lowest BCUT2D eigenvalue weighted by atomic mass is 9.89. The number of rotatable bonds is 10. The SMILES string of the molecule is O=C(O)c1ccc(/C=C(/CNC2CCN(CC3CCCCC3)C2)COc2cccc3ccccc23)cc1. The molecule has 194 valence electrons. The lowest BCUT2D eigenvalue weighted by Crippen LogP contribution is -2.36. The zero-order valence-electron chi connectivity index (χ0n) is 21.6. The summed E-state index contributed by atoms with van der Waals surface area (Å²) < 4.78 is 6.34. The van der Waals surface area contributed by atoms with Gasteiger partial charge in [0.1, 0.15) is 12.4 Å². The normalized spacial score (nSPS) is 19.4. The van der Waals surface area contributed by atoms with E-state index in [-0.39, 0.29) is 0 Å². The number of fused-ring (bicyclic) bond motifs is 1. The van der Waals surface area contributed by atoms with Gasteiger partial charge in [-0.2, -0.15) is 0 Å². The second kappa shape index (κ2) is 12.4. The highest BCUT2D eigenvalue weighted by molar-refractivity contribution is 5.88. The topological polar surface area (TPSA) is 61.8 Å². The van der Waals surface area contributed by atoms with Crippen LogP contribution in [0.3, 0.4) is 0 Å². The first kappa shape index (κ1) is 25.5. The second-order valence-electron chi connectivity index (χ2n) is 10.6. The summed E-state index contributed by atoms with van der Waals surface area (Å²) in [5.41, 5.74) is 2.42. The van der Waals surface area contributed by atoms with Gasteiger partial charge in [-0.25, -0.2) is 4.79 Å². The van der Waals surface area contributed by atoms with Crippen LogP contribution in [0.1, 0.15) is 54.4 Å². The van der Waals surface area contributed by atoms with Crippen LogP contribution < -0.4 is 10.1 Å². The molecule has 5 heteroatoms. The Bertz CT molecular complexity index is 1210. The van der Waals surface area contributed by atoms with Crippen LogP contribution >= 0.6 is 0 Å². The minimum absolute atomic E-state index is 0.299. The van der Waals surface area contributed by atoms with Crippen LogP contribution in [0.4, 0.5) is 0 Å². The number of hydrogen-bond donors (Lipinski definition) is 2. The van der Waals surface area contributed by atoms with E-state index < -0.39 is 5.97 Å². The zero-order valence-corrected chi connectivity index (χ0v) is 21.6. The summed E-state index contributed by atoms with van der Waals surface area (Å²) in [6.45, 7) is 4.76. The van der Waals surface area contributed by atoms with E-state index in [2.05, 4.69) is 34.5 Å². The van der Waals surface area contributed by atoms with Crippen molar-refractivity contribution in [3.8, 4) is 5.75 Å². The Morgan fingerprint density at radius 3 is 2.57 bits per heavy atom. The van der Waals surface area contributed by atoms with Gasteiger partial charge in [0.2, 0.25) is 0 Å². The van der Waals surface area contributed by atoms with Gasteiger partial charge < -0.3 is 20.1 Å². The molecule has 0 spiro atoms. The highest BCUT2D eigenvalue weighted by Gasteiger charge is 2.25. The number of ether oxygens (including phenoxy) is 1. The maximum absolute atomic E-state index is 11.3. The van der Waals surface area contributed by atoms with Gasteiger partial charge in [-0.1, -0.05) is 73.9 Å². The molecule has 5 nitrogen and oxygen atoms in total. The molecule has 3 aromatic carbocycles. The van der Waals surface area contributed by atoms with Crippen LogP contribution in [-0.2, 0) is 0 Å². The van der Waals surface area contributed by atoms with E-state index in [0.717, 1.165) is 46.7 Å². The first-order valence-electron chi connectivity index (χ1n) is 13.7. The van der Waals surface area contributed by atoms with E-state index in [1.807, 2.05) is 36.4 Å². The highest BCUT2D eigenvalue weighted by Crippen LogP contribution is 2.27. The standard InChI is InChI=1S/C32H38N2O3/c35-32(36)28-15-13-24(14-16-28)19-26(23-37-31-12-6-10-27-9-4-5-11-30(27)31)20-33-29-17-18-34(22-29)21-25-7-2-1-3-8-25/h4-6,9-16,19,25,29,33H,1-3,7-8,17-18,20-23H2,(H,35,36)/b26-19-. The lowest BCUT2D eigenvalue weighted by Gasteiger charge is -2.26. The van der Waals surface area contributed by atoms with E-state index in [0.29, 0.717) is 18.2 Å². The Labute approximate surface area is 220 Å². The van der Waals surface area contributed by atoms with Crippen molar-refractivity contribution >= 4 is 22.8 Å². The van der Waals surface area contributed by atoms with Gasteiger partial charge >= 0.3 is 5.97 Å². The van der Waals surface area contributed by atoms with Crippen LogP contribution in [-0.4, -0.2) is 54.8 Å². The summed E-state index contributed by atoms with van der Waals surface area (Å²) in [6, 6.07) is 22.0. The van der Waals surface area contributed by atoms with E-state index in [9.17, 15) is 9.90 Å². The maximum Gasteiger partial charge on any atom is 0.335 e. The summed E-state index contributed by atoms with van der Waals surface area (Å²) in [4.78, 5) is 13.9. The van der Waals surface area contributed by atoms with Gasteiger partial charge in [0.25, 0.3) is 0 Å². The van der Waals surface area contributed by atoms with E-state index in [1.54, 1.807) is 12.1 Å². The Hall–Kier alpha value is -3.15. The van der Waals surface area contributed by atoms with Crippen LogP contribution in [0.15, 0.2) is 72.3 Å². The maximum atomic E-state index is 11.3.